The molecule has 0 radical (unpaired) electrons. The van der Waals surface area contributed by atoms with Gasteiger partial charge in [-0.3, -0.25) is 4.79 Å². The lowest BCUT2D eigenvalue weighted by molar-refractivity contribution is -0.129. The Morgan fingerprint density at radius 2 is 2.15 bits per heavy atom. The molecule has 0 aliphatic carbocycles. The molecule has 1 aromatic carbocycles. The molecule has 0 bridgehead atoms. The van der Waals surface area contributed by atoms with Crippen LogP contribution < -0.4 is 0 Å². The summed E-state index contributed by atoms with van der Waals surface area (Å²) in [5, 5.41) is 0.994. The number of hydrogen-bond acceptors (Lipinski definition) is 3. The maximum absolute atomic E-state index is 11.6. The highest BCUT2D eigenvalue weighted by Crippen LogP contribution is 2.28. The fourth-order valence-electron chi connectivity index (χ4n) is 2.73. The standard InChI is InChI=1S/C15H16N2O3/c1-9(18)17-6-5-14-12(8-17)11-7-10(15(19)20-2)3-4-13(11)16-14/h3-4,7,16H,5-6,8H2,1-2H3. The molecule has 1 N–H and O–H groups in total. The van der Waals surface area contributed by atoms with Gasteiger partial charge in [0.05, 0.1) is 12.7 Å². The number of carbonyl (C=O) groups is 2. The van der Waals surface area contributed by atoms with Gasteiger partial charge in [0.25, 0.3) is 0 Å². The van der Waals surface area contributed by atoms with Crippen molar-refractivity contribution >= 4 is 22.8 Å². The molecule has 20 heavy (non-hydrogen) atoms. The van der Waals surface area contributed by atoms with E-state index < -0.39 is 0 Å². The predicted octanol–water partition coefficient (Wildman–Crippen LogP) is 1.86. The van der Waals surface area contributed by atoms with Gasteiger partial charge in [0.2, 0.25) is 5.91 Å². The van der Waals surface area contributed by atoms with E-state index in [2.05, 4.69) is 4.98 Å². The van der Waals surface area contributed by atoms with E-state index in [0.29, 0.717) is 12.1 Å². The second-order valence-electron chi connectivity index (χ2n) is 5.02. The lowest BCUT2D eigenvalue weighted by Crippen LogP contribution is -2.33. The normalized spacial score (nSPS) is 14.2. The van der Waals surface area contributed by atoms with Crippen LogP contribution in [0.2, 0.25) is 0 Å². The van der Waals surface area contributed by atoms with Crippen molar-refractivity contribution < 1.29 is 14.3 Å². The number of benzene rings is 1. The number of esters is 1. The minimum atomic E-state index is -0.346. The van der Waals surface area contributed by atoms with Crippen LogP contribution in [0.1, 0.15) is 28.5 Å². The van der Waals surface area contributed by atoms with Crippen LogP contribution in [0, 0.1) is 0 Å². The first kappa shape index (κ1) is 12.7. The Morgan fingerprint density at radius 1 is 1.35 bits per heavy atom. The zero-order valence-electron chi connectivity index (χ0n) is 11.5. The van der Waals surface area contributed by atoms with Gasteiger partial charge >= 0.3 is 5.97 Å². The topological polar surface area (TPSA) is 62.4 Å². The first-order valence-electron chi connectivity index (χ1n) is 6.57. The number of aromatic amines is 1. The third-order valence-corrected chi connectivity index (χ3v) is 3.84. The summed E-state index contributed by atoms with van der Waals surface area (Å²) in [4.78, 5) is 28.3. The molecule has 1 amide bonds. The lowest BCUT2D eigenvalue weighted by atomic mass is 10.0. The van der Waals surface area contributed by atoms with Crippen LogP contribution in [-0.2, 0) is 22.5 Å². The summed E-state index contributed by atoms with van der Waals surface area (Å²) in [6.07, 6.45) is 0.817. The van der Waals surface area contributed by atoms with Gasteiger partial charge in [0.1, 0.15) is 0 Å². The molecule has 0 spiro atoms. The highest BCUT2D eigenvalue weighted by atomic mass is 16.5. The molecule has 0 saturated heterocycles. The monoisotopic (exact) mass is 272 g/mol. The lowest BCUT2D eigenvalue weighted by Gasteiger charge is -2.26. The second kappa shape index (κ2) is 4.67. The summed E-state index contributed by atoms with van der Waals surface area (Å²) in [6, 6.07) is 5.47. The molecule has 1 aromatic heterocycles. The Bertz CT molecular complexity index is 702. The van der Waals surface area contributed by atoms with E-state index in [4.69, 9.17) is 4.74 Å². The molecule has 0 saturated carbocycles. The molecule has 3 rings (SSSR count). The molecular weight excluding hydrogens is 256 g/mol. The van der Waals surface area contributed by atoms with E-state index in [1.54, 1.807) is 13.0 Å². The van der Waals surface area contributed by atoms with Gasteiger partial charge in [0, 0.05) is 48.6 Å². The number of carbonyl (C=O) groups excluding carboxylic acids is 2. The van der Waals surface area contributed by atoms with Crippen molar-refractivity contribution in [1.82, 2.24) is 9.88 Å². The Labute approximate surface area is 116 Å². The van der Waals surface area contributed by atoms with Gasteiger partial charge in [-0.15, -0.1) is 0 Å². The second-order valence-corrected chi connectivity index (χ2v) is 5.02. The predicted molar refractivity (Wildman–Crippen MR) is 74.4 cm³/mol. The fraction of sp³-hybridized carbons (Fsp3) is 0.333. The van der Waals surface area contributed by atoms with Crippen LogP contribution in [0.5, 0.6) is 0 Å². The number of H-pyrrole nitrogens is 1. The first-order chi connectivity index (χ1) is 9.60. The van der Waals surface area contributed by atoms with Gasteiger partial charge in [-0.2, -0.15) is 0 Å². The number of fused-ring (bicyclic) bond motifs is 3. The van der Waals surface area contributed by atoms with E-state index in [0.717, 1.165) is 35.1 Å². The summed E-state index contributed by atoms with van der Waals surface area (Å²) in [5.74, 6) is -0.268. The van der Waals surface area contributed by atoms with Crippen LogP contribution in [0.4, 0.5) is 0 Å². The van der Waals surface area contributed by atoms with Crippen LogP contribution in [-0.4, -0.2) is 35.4 Å². The number of methoxy groups -OCH3 is 1. The zero-order valence-corrected chi connectivity index (χ0v) is 11.5. The Kier molecular flexibility index (Phi) is 2.97. The van der Waals surface area contributed by atoms with Crippen molar-refractivity contribution in [3.8, 4) is 0 Å². The molecule has 0 atom stereocenters. The van der Waals surface area contributed by atoms with E-state index in [1.807, 2.05) is 17.0 Å². The van der Waals surface area contributed by atoms with Crippen molar-refractivity contribution in [3.05, 3.63) is 35.0 Å². The maximum atomic E-state index is 11.6. The number of ether oxygens (including phenoxy) is 1. The van der Waals surface area contributed by atoms with Crippen LogP contribution in [0.25, 0.3) is 10.9 Å². The SMILES string of the molecule is COC(=O)c1ccc2[nH]c3c(c2c1)CN(C(C)=O)CC3. The first-order valence-corrected chi connectivity index (χ1v) is 6.57. The molecule has 104 valence electrons. The maximum Gasteiger partial charge on any atom is 0.337 e. The Morgan fingerprint density at radius 3 is 2.85 bits per heavy atom. The van der Waals surface area contributed by atoms with Gasteiger partial charge in [-0.05, 0) is 18.2 Å². The van der Waals surface area contributed by atoms with Gasteiger partial charge in [-0.1, -0.05) is 0 Å². The number of rotatable bonds is 1. The van der Waals surface area contributed by atoms with E-state index >= 15 is 0 Å². The number of amides is 1. The van der Waals surface area contributed by atoms with Crippen LogP contribution in [0.15, 0.2) is 18.2 Å². The minimum absolute atomic E-state index is 0.0779. The third-order valence-electron chi connectivity index (χ3n) is 3.84. The van der Waals surface area contributed by atoms with E-state index in [-0.39, 0.29) is 11.9 Å². The quantitative estimate of drug-likeness (QED) is 0.806. The molecule has 2 aromatic rings. The average molecular weight is 272 g/mol. The van der Waals surface area contributed by atoms with E-state index in [1.165, 1.54) is 7.11 Å². The molecule has 5 heteroatoms. The van der Waals surface area contributed by atoms with Crippen LogP contribution >= 0.6 is 0 Å². The zero-order chi connectivity index (χ0) is 14.3. The van der Waals surface area contributed by atoms with Crippen molar-refractivity contribution in [2.24, 2.45) is 0 Å². The average Bonchev–Trinajstić information content (AvgIpc) is 2.83. The summed E-state index contributed by atoms with van der Waals surface area (Å²) >= 11 is 0. The van der Waals surface area contributed by atoms with E-state index in [9.17, 15) is 9.59 Å². The highest BCUT2D eigenvalue weighted by Gasteiger charge is 2.22. The molecule has 2 heterocycles. The van der Waals surface area contributed by atoms with Crippen LogP contribution in [0.3, 0.4) is 0 Å². The minimum Gasteiger partial charge on any atom is -0.465 e. The summed E-state index contributed by atoms with van der Waals surface area (Å²) in [5.41, 5.74) is 3.78. The third kappa shape index (κ3) is 1.95. The molecule has 0 fully saturated rings. The molecule has 1 aliphatic heterocycles. The van der Waals surface area contributed by atoms with Crippen molar-refractivity contribution in [2.45, 2.75) is 19.9 Å². The largest absolute Gasteiger partial charge is 0.465 e. The summed E-state index contributed by atoms with van der Waals surface area (Å²) < 4.78 is 4.75. The van der Waals surface area contributed by atoms with Gasteiger partial charge < -0.3 is 14.6 Å². The fourth-order valence-corrected chi connectivity index (χ4v) is 2.73. The highest BCUT2D eigenvalue weighted by molar-refractivity contribution is 5.96. The Balaban J connectivity index is 2.09. The molecule has 1 aliphatic rings. The Hall–Kier alpha value is -2.30. The van der Waals surface area contributed by atoms with Gasteiger partial charge in [0.15, 0.2) is 0 Å². The molecule has 0 unspecified atom stereocenters. The summed E-state index contributed by atoms with van der Waals surface area (Å²) in [7, 11) is 1.37. The van der Waals surface area contributed by atoms with Crippen molar-refractivity contribution in [2.75, 3.05) is 13.7 Å². The van der Waals surface area contributed by atoms with Gasteiger partial charge in [-0.25, -0.2) is 4.79 Å². The number of hydrogen-bond donors (Lipinski definition) is 1. The number of nitrogens with one attached hydrogen (secondary N) is 1. The van der Waals surface area contributed by atoms with Crippen molar-refractivity contribution in [3.63, 3.8) is 0 Å². The molecular formula is C15H16N2O3. The number of aromatic nitrogens is 1. The smallest absolute Gasteiger partial charge is 0.337 e. The van der Waals surface area contributed by atoms with Crippen molar-refractivity contribution in [1.29, 1.82) is 0 Å². The number of nitrogens with zero attached hydrogens (tertiary/aromatic N) is 1. The molecule has 5 nitrogen and oxygen atoms in total. The summed E-state index contributed by atoms with van der Waals surface area (Å²) in [6.45, 7) is 2.91.